The lowest BCUT2D eigenvalue weighted by Gasteiger charge is -1.94. The molecule has 1 aromatic carbocycles. The number of halogens is 1. The fourth-order valence-corrected chi connectivity index (χ4v) is 0.981. The third-order valence-electron chi connectivity index (χ3n) is 1.33. The first-order valence-corrected chi connectivity index (χ1v) is 3.80. The third-order valence-corrected chi connectivity index (χ3v) is 1.68. The maximum Gasteiger partial charge on any atom is 0.241 e. The SMILES string of the molecule is NC(=O)/C=C/c1ccccc1Cl. The molecule has 1 rings (SSSR count). The molecule has 0 heterocycles. The van der Waals surface area contributed by atoms with Gasteiger partial charge in [0.2, 0.25) is 5.91 Å². The number of carbonyl (C=O) groups is 1. The van der Waals surface area contributed by atoms with Crippen molar-refractivity contribution in [3.63, 3.8) is 0 Å². The molecule has 0 aliphatic rings. The van der Waals surface area contributed by atoms with E-state index < -0.39 is 5.91 Å². The average molecular weight is 182 g/mol. The summed E-state index contributed by atoms with van der Waals surface area (Å²) in [7, 11) is 0. The number of hydrogen-bond donors (Lipinski definition) is 1. The highest BCUT2D eigenvalue weighted by Crippen LogP contribution is 2.15. The predicted octanol–water partition coefficient (Wildman–Crippen LogP) is 1.84. The van der Waals surface area contributed by atoms with Gasteiger partial charge in [0, 0.05) is 11.1 Å². The van der Waals surface area contributed by atoms with Gasteiger partial charge < -0.3 is 5.73 Å². The summed E-state index contributed by atoms with van der Waals surface area (Å²) >= 11 is 5.80. The van der Waals surface area contributed by atoms with Crippen LogP contribution in [0.15, 0.2) is 30.3 Å². The van der Waals surface area contributed by atoms with E-state index >= 15 is 0 Å². The minimum Gasteiger partial charge on any atom is -0.366 e. The average Bonchev–Trinajstić information content (AvgIpc) is 2.03. The van der Waals surface area contributed by atoms with Gasteiger partial charge in [0.05, 0.1) is 0 Å². The Hall–Kier alpha value is -1.28. The van der Waals surface area contributed by atoms with E-state index in [0.29, 0.717) is 5.02 Å². The van der Waals surface area contributed by atoms with E-state index in [2.05, 4.69) is 0 Å². The van der Waals surface area contributed by atoms with E-state index in [0.717, 1.165) is 5.56 Å². The van der Waals surface area contributed by atoms with Crippen LogP contribution >= 0.6 is 11.6 Å². The Morgan fingerprint density at radius 1 is 1.42 bits per heavy atom. The van der Waals surface area contributed by atoms with Gasteiger partial charge in [0.15, 0.2) is 0 Å². The van der Waals surface area contributed by atoms with Crippen LogP contribution in [0.2, 0.25) is 5.02 Å². The van der Waals surface area contributed by atoms with Gasteiger partial charge in [-0.15, -0.1) is 0 Å². The summed E-state index contributed by atoms with van der Waals surface area (Å²) in [5, 5.41) is 0.606. The first-order chi connectivity index (χ1) is 5.70. The summed E-state index contributed by atoms with van der Waals surface area (Å²) in [4.78, 5) is 10.4. The minimum atomic E-state index is -0.477. The highest BCUT2D eigenvalue weighted by molar-refractivity contribution is 6.32. The quantitative estimate of drug-likeness (QED) is 0.696. The molecule has 2 N–H and O–H groups in total. The van der Waals surface area contributed by atoms with Gasteiger partial charge >= 0.3 is 0 Å². The zero-order chi connectivity index (χ0) is 8.97. The molecular formula is C9H8ClNO. The highest BCUT2D eigenvalue weighted by atomic mass is 35.5. The van der Waals surface area contributed by atoms with Crippen LogP contribution in [-0.2, 0) is 4.79 Å². The number of rotatable bonds is 2. The molecule has 0 bridgehead atoms. The summed E-state index contributed by atoms with van der Waals surface area (Å²) in [5.74, 6) is -0.477. The molecule has 0 aliphatic heterocycles. The van der Waals surface area contributed by atoms with Gasteiger partial charge in [-0.2, -0.15) is 0 Å². The molecular weight excluding hydrogens is 174 g/mol. The summed E-state index contributed by atoms with van der Waals surface area (Å²) in [5.41, 5.74) is 5.71. The molecule has 12 heavy (non-hydrogen) atoms. The minimum absolute atomic E-state index is 0.477. The van der Waals surface area contributed by atoms with Crippen molar-refractivity contribution in [2.75, 3.05) is 0 Å². The Labute approximate surface area is 75.6 Å². The Kier molecular flexibility index (Phi) is 2.88. The summed E-state index contributed by atoms with van der Waals surface area (Å²) in [6, 6.07) is 7.22. The first kappa shape index (κ1) is 8.81. The van der Waals surface area contributed by atoms with Crippen molar-refractivity contribution >= 4 is 23.6 Å². The molecule has 0 fully saturated rings. The zero-order valence-electron chi connectivity index (χ0n) is 6.33. The van der Waals surface area contributed by atoms with E-state index in [1.807, 2.05) is 18.2 Å². The number of amides is 1. The van der Waals surface area contributed by atoms with Crippen LogP contribution in [0.4, 0.5) is 0 Å². The van der Waals surface area contributed by atoms with Crippen LogP contribution in [0.25, 0.3) is 6.08 Å². The number of primary amides is 1. The number of benzene rings is 1. The lowest BCUT2D eigenvalue weighted by atomic mass is 10.2. The highest BCUT2D eigenvalue weighted by Gasteiger charge is 1.93. The molecule has 0 saturated carbocycles. The number of nitrogens with two attached hydrogens (primary N) is 1. The molecule has 0 saturated heterocycles. The van der Waals surface area contributed by atoms with Crippen molar-refractivity contribution in [1.82, 2.24) is 0 Å². The van der Waals surface area contributed by atoms with Crippen molar-refractivity contribution in [3.05, 3.63) is 40.9 Å². The fourth-order valence-electron chi connectivity index (χ4n) is 0.782. The molecule has 0 aliphatic carbocycles. The van der Waals surface area contributed by atoms with E-state index in [9.17, 15) is 4.79 Å². The Bertz CT molecular complexity index is 320. The predicted molar refractivity (Wildman–Crippen MR) is 49.7 cm³/mol. The zero-order valence-corrected chi connectivity index (χ0v) is 7.08. The van der Waals surface area contributed by atoms with Gasteiger partial charge in [-0.05, 0) is 17.7 Å². The van der Waals surface area contributed by atoms with Crippen LogP contribution in [0.1, 0.15) is 5.56 Å². The normalized spacial score (nSPS) is 10.4. The molecule has 3 heteroatoms. The lowest BCUT2D eigenvalue weighted by Crippen LogP contribution is -2.05. The van der Waals surface area contributed by atoms with E-state index in [-0.39, 0.29) is 0 Å². The molecule has 2 nitrogen and oxygen atoms in total. The summed E-state index contributed by atoms with van der Waals surface area (Å²) in [6.07, 6.45) is 2.87. The molecule has 0 atom stereocenters. The second-order valence-corrected chi connectivity index (χ2v) is 2.66. The van der Waals surface area contributed by atoms with Crippen molar-refractivity contribution in [2.45, 2.75) is 0 Å². The molecule has 0 aromatic heterocycles. The van der Waals surface area contributed by atoms with Crippen LogP contribution in [0.3, 0.4) is 0 Å². The van der Waals surface area contributed by atoms with Crippen LogP contribution in [0, 0.1) is 0 Å². The monoisotopic (exact) mass is 181 g/mol. The summed E-state index contributed by atoms with van der Waals surface area (Å²) < 4.78 is 0. The molecule has 62 valence electrons. The van der Waals surface area contributed by atoms with E-state index in [1.54, 1.807) is 12.1 Å². The van der Waals surface area contributed by atoms with Gasteiger partial charge in [-0.1, -0.05) is 29.8 Å². The van der Waals surface area contributed by atoms with Crippen molar-refractivity contribution in [2.24, 2.45) is 5.73 Å². The molecule has 0 radical (unpaired) electrons. The molecule has 0 unspecified atom stereocenters. The molecule has 1 aromatic rings. The van der Waals surface area contributed by atoms with Gasteiger partial charge in [0.1, 0.15) is 0 Å². The third kappa shape index (κ3) is 2.40. The van der Waals surface area contributed by atoms with Crippen molar-refractivity contribution in [1.29, 1.82) is 0 Å². The fraction of sp³-hybridized carbons (Fsp3) is 0. The molecule has 0 spiro atoms. The van der Waals surface area contributed by atoms with Crippen LogP contribution < -0.4 is 5.73 Å². The Morgan fingerprint density at radius 3 is 2.67 bits per heavy atom. The van der Waals surface area contributed by atoms with E-state index in [4.69, 9.17) is 17.3 Å². The maximum atomic E-state index is 10.4. The van der Waals surface area contributed by atoms with E-state index in [1.165, 1.54) is 6.08 Å². The number of carbonyl (C=O) groups excluding carboxylic acids is 1. The standard InChI is InChI=1S/C9H8ClNO/c10-8-4-2-1-3-7(8)5-6-9(11)12/h1-6H,(H2,11,12)/b6-5+. The van der Waals surface area contributed by atoms with Gasteiger partial charge in [-0.25, -0.2) is 0 Å². The van der Waals surface area contributed by atoms with Crippen LogP contribution in [-0.4, -0.2) is 5.91 Å². The lowest BCUT2D eigenvalue weighted by molar-refractivity contribution is -0.113. The number of hydrogen-bond acceptors (Lipinski definition) is 1. The summed E-state index contributed by atoms with van der Waals surface area (Å²) in [6.45, 7) is 0. The van der Waals surface area contributed by atoms with Crippen LogP contribution in [0.5, 0.6) is 0 Å². The smallest absolute Gasteiger partial charge is 0.241 e. The maximum absolute atomic E-state index is 10.4. The van der Waals surface area contributed by atoms with Gasteiger partial charge in [-0.3, -0.25) is 4.79 Å². The second kappa shape index (κ2) is 3.93. The first-order valence-electron chi connectivity index (χ1n) is 3.42. The Balaban J connectivity index is 2.89. The Morgan fingerprint density at radius 2 is 2.08 bits per heavy atom. The largest absolute Gasteiger partial charge is 0.366 e. The second-order valence-electron chi connectivity index (χ2n) is 2.26. The topological polar surface area (TPSA) is 43.1 Å². The van der Waals surface area contributed by atoms with Crippen molar-refractivity contribution in [3.8, 4) is 0 Å². The molecule has 1 amide bonds. The van der Waals surface area contributed by atoms with Crippen molar-refractivity contribution < 1.29 is 4.79 Å². The van der Waals surface area contributed by atoms with Gasteiger partial charge in [0.25, 0.3) is 0 Å².